The molecule has 0 aliphatic carbocycles. The Morgan fingerprint density at radius 2 is 0.607 bits per heavy atom. The van der Waals surface area contributed by atoms with Crippen molar-refractivity contribution in [3.05, 3.63) is 46.2 Å². The molecule has 132 valence electrons. The van der Waals surface area contributed by atoms with E-state index in [-0.39, 0.29) is 0 Å². The molecule has 0 aliphatic heterocycles. The maximum atomic E-state index is 2.35. The molecule has 4 aromatic carbocycles. The van der Waals surface area contributed by atoms with Crippen LogP contribution in [-0.2, 0) is 0 Å². The smallest absolute Gasteiger partial charge is 0.0362 e. The van der Waals surface area contributed by atoms with Crippen LogP contribution < -0.4 is 0 Å². The van der Waals surface area contributed by atoms with Crippen LogP contribution in [0.2, 0.25) is 0 Å². The van der Waals surface area contributed by atoms with Gasteiger partial charge in [0, 0.05) is 81.0 Å². The number of fused-ring (bicyclic) bond motifs is 1. The number of thiophene rings is 4. The monoisotopic (exact) mass is 428 g/mol. The third kappa shape index (κ3) is 1.47. The van der Waals surface area contributed by atoms with Gasteiger partial charge in [-0.15, -0.1) is 45.3 Å². The second kappa shape index (κ2) is 4.60. The van der Waals surface area contributed by atoms with Gasteiger partial charge in [-0.1, -0.05) is 0 Å². The Hall–Kier alpha value is -1.98. The summed E-state index contributed by atoms with van der Waals surface area (Å²) in [6.07, 6.45) is 0. The van der Waals surface area contributed by atoms with Gasteiger partial charge in [0.1, 0.15) is 0 Å². The van der Waals surface area contributed by atoms with Crippen molar-refractivity contribution in [2.45, 2.75) is 13.8 Å². The lowest BCUT2D eigenvalue weighted by atomic mass is 9.95. The van der Waals surface area contributed by atoms with Crippen LogP contribution in [0.5, 0.6) is 0 Å². The largest absolute Gasteiger partial charge is 0.140 e. The van der Waals surface area contributed by atoms with Crippen LogP contribution in [0.15, 0.2) is 36.4 Å². The highest BCUT2D eigenvalue weighted by Gasteiger charge is 2.24. The summed E-state index contributed by atoms with van der Waals surface area (Å²) in [4.78, 5) is 2.90. The molecule has 0 N–H and O–H groups in total. The zero-order chi connectivity index (χ0) is 18.3. The van der Waals surface area contributed by atoms with Crippen LogP contribution in [0.1, 0.15) is 9.75 Å². The Morgan fingerprint density at radius 1 is 0.357 bits per heavy atom. The number of aryl methyl sites for hydroxylation is 2. The summed E-state index contributed by atoms with van der Waals surface area (Å²) in [7, 11) is 0. The number of benzene rings is 3. The first-order chi connectivity index (χ1) is 13.7. The van der Waals surface area contributed by atoms with E-state index >= 15 is 0 Å². The standard InChI is InChI=1S/C24H12S4/c1-9-17-18-10(2)26-12-4-6-14-22(20(12)18)24-16(28-14)8-7-15-23(24)21-13(27-15)5-3-11(25-9)19(17)21/h3-8H,1-2H3. The van der Waals surface area contributed by atoms with Crippen LogP contribution in [0.25, 0.3) is 71.3 Å². The van der Waals surface area contributed by atoms with E-state index in [1.165, 1.54) is 81.0 Å². The summed E-state index contributed by atoms with van der Waals surface area (Å²) in [6, 6.07) is 14.1. The van der Waals surface area contributed by atoms with Crippen LogP contribution in [-0.4, -0.2) is 0 Å². The molecule has 4 heteroatoms. The van der Waals surface area contributed by atoms with Gasteiger partial charge in [-0.05, 0) is 50.2 Å². The van der Waals surface area contributed by atoms with Crippen molar-refractivity contribution >= 4 is 117 Å². The quantitative estimate of drug-likeness (QED) is 0.225. The van der Waals surface area contributed by atoms with Crippen molar-refractivity contribution in [3.8, 4) is 0 Å². The maximum absolute atomic E-state index is 2.35. The third-order valence-electron chi connectivity index (χ3n) is 6.31. The third-order valence-corrected chi connectivity index (χ3v) is 10.7. The molecule has 0 radical (unpaired) electrons. The molecule has 8 aromatic rings. The van der Waals surface area contributed by atoms with Crippen LogP contribution >= 0.6 is 45.3 Å². The summed E-state index contributed by atoms with van der Waals surface area (Å²) in [5.41, 5.74) is 0. The van der Waals surface area contributed by atoms with Gasteiger partial charge in [0.15, 0.2) is 0 Å². The molecule has 0 aliphatic rings. The molecule has 0 amide bonds. The first-order valence-corrected chi connectivity index (χ1v) is 12.6. The van der Waals surface area contributed by atoms with Gasteiger partial charge in [0.25, 0.3) is 0 Å². The summed E-state index contributed by atoms with van der Waals surface area (Å²) >= 11 is 7.84. The van der Waals surface area contributed by atoms with Crippen molar-refractivity contribution in [2.24, 2.45) is 0 Å². The zero-order valence-corrected chi connectivity index (χ0v) is 18.4. The minimum absolute atomic E-state index is 1.43. The molecule has 0 bridgehead atoms. The lowest BCUT2D eigenvalue weighted by molar-refractivity contribution is 1.68. The van der Waals surface area contributed by atoms with E-state index in [0.717, 1.165) is 0 Å². The van der Waals surface area contributed by atoms with Gasteiger partial charge in [-0.2, -0.15) is 0 Å². The normalized spacial score (nSPS) is 13.4. The summed E-state index contributed by atoms with van der Waals surface area (Å²) in [6.45, 7) is 4.63. The number of hydrogen-bond donors (Lipinski definition) is 0. The molecule has 8 rings (SSSR count). The number of hydrogen-bond acceptors (Lipinski definition) is 4. The molecule has 0 fully saturated rings. The molecule has 0 atom stereocenters. The lowest BCUT2D eigenvalue weighted by Gasteiger charge is -2.05. The Morgan fingerprint density at radius 3 is 0.929 bits per heavy atom. The van der Waals surface area contributed by atoms with Gasteiger partial charge in [-0.25, -0.2) is 0 Å². The molecular formula is C24H12S4. The molecular weight excluding hydrogens is 417 g/mol. The van der Waals surface area contributed by atoms with E-state index < -0.39 is 0 Å². The minimum Gasteiger partial charge on any atom is -0.140 e. The fraction of sp³-hybridized carbons (Fsp3) is 0.0833. The number of rotatable bonds is 0. The van der Waals surface area contributed by atoms with Crippen molar-refractivity contribution in [2.75, 3.05) is 0 Å². The molecule has 0 nitrogen and oxygen atoms in total. The Balaban J connectivity index is 2.00. The zero-order valence-electron chi connectivity index (χ0n) is 15.1. The average molecular weight is 429 g/mol. The first-order valence-electron chi connectivity index (χ1n) is 9.37. The first kappa shape index (κ1) is 14.9. The molecule has 0 saturated heterocycles. The van der Waals surface area contributed by atoms with Crippen LogP contribution in [0.4, 0.5) is 0 Å². The average Bonchev–Trinajstić information content (AvgIpc) is 3.37. The van der Waals surface area contributed by atoms with Gasteiger partial charge in [-0.3, -0.25) is 0 Å². The van der Waals surface area contributed by atoms with E-state index in [9.17, 15) is 0 Å². The second-order valence-electron chi connectivity index (χ2n) is 7.71. The molecule has 4 heterocycles. The highest BCUT2D eigenvalue weighted by atomic mass is 32.1. The molecule has 0 spiro atoms. The van der Waals surface area contributed by atoms with Crippen molar-refractivity contribution in [3.63, 3.8) is 0 Å². The van der Waals surface area contributed by atoms with Gasteiger partial charge in [0.2, 0.25) is 0 Å². The van der Waals surface area contributed by atoms with Gasteiger partial charge >= 0.3 is 0 Å². The second-order valence-corrected chi connectivity index (χ2v) is 12.4. The fourth-order valence-electron chi connectivity index (χ4n) is 5.32. The van der Waals surface area contributed by atoms with Crippen LogP contribution in [0.3, 0.4) is 0 Å². The topological polar surface area (TPSA) is 0 Å². The van der Waals surface area contributed by atoms with E-state index in [1.807, 2.05) is 45.3 Å². The molecule has 28 heavy (non-hydrogen) atoms. The molecule has 0 unspecified atom stereocenters. The van der Waals surface area contributed by atoms with Crippen molar-refractivity contribution in [1.82, 2.24) is 0 Å². The highest BCUT2D eigenvalue weighted by molar-refractivity contribution is 7.29. The summed E-state index contributed by atoms with van der Waals surface area (Å²) < 4.78 is 8.57. The Kier molecular flexibility index (Phi) is 2.45. The van der Waals surface area contributed by atoms with E-state index in [1.54, 1.807) is 0 Å². The lowest BCUT2D eigenvalue weighted by Crippen LogP contribution is -1.79. The van der Waals surface area contributed by atoms with Crippen molar-refractivity contribution in [1.29, 1.82) is 0 Å². The minimum atomic E-state index is 1.43. The summed E-state index contributed by atoms with van der Waals surface area (Å²) in [5, 5.41) is 12.0. The maximum Gasteiger partial charge on any atom is 0.0362 e. The van der Waals surface area contributed by atoms with Gasteiger partial charge in [0.05, 0.1) is 0 Å². The highest BCUT2D eigenvalue weighted by Crippen LogP contribution is 2.54. The predicted molar refractivity (Wildman–Crippen MR) is 132 cm³/mol. The molecule has 4 aromatic heterocycles. The SMILES string of the molecule is Cc1sc2ccc3sc4ccc5sc6ccc7sc(C)c8c1c2c3c4c5c6c78. The van der Waals surface area contributed by atoms with E-state index in [2.05, 4.69) is 50.2 Å². The molecule has 0 saturated carbocycles. The van der Waals surface area contributed by atoms with Crippen LogP contribution in [0, 0.1) is 13.8 Å². The Labute approximate surface area is 175 Å². The fourth-order valence-corrected chi connectivity index (χ4v) is 9.72. The van der Waals surface area contributed by atoms with E-state index in [4.69, 9.17) is 0 Å². The van der Waals surface area contributed by atoms with E-state index in [0.29, 0.717) is 0 Å². The Bertz CT molecular complexity index is 1740. The summed E-state index contributed by atoms with van der Waals surface area (Å²) in [5.74, 6) is 0. The predicted octanol–water partition coefficient (Wildman–Crippen LogP) is 9.50. The van der Waals surface area contributed by atoms with Gasteiger partial charge < -0.3 is 0 Å². The van der Waals surface area contributed by atoms with Crippen molar-refractivity contribution < 1.29 is 0 Å².